The summed E-state index contributed by atoms with van der Waals surface area (Å²) in [5.74, 6) is 0.869. The van der Waals surface area contributed by atoms with Crippen LogP contribution >= 0.6 is 0 Å². The molecule has 0 bridgehead atoms. The number of nitrogens with zero attached hydrogens (tertiary/aromatic N) is 1. The first kappa shape index (κ1) is 27.5. The van der Waals surface area contributed by atoms with Crippen molar-refractivity contribution in [3.8, 4) is 0 Å². The third kappa shape index (κ3) is 5.72. The number of aliphatic imine (C=N–C) groups is 1. The van der Waals surface area contributed by atoms with Crippen molar-refractivity contribution in [2.45, 2.75) is 50.6 Å². The summed E-state index contributed by atoms with van der Waals surface area (Å²) >= 11 is 0. The molecule has 1 heterocycles. The molecule has 0 saturated carbocycles. The molecule has 1 aliphatic heterocycles. The molecule has 4 aliphatic rings. The van der Waals surface area contributed by atoms with Gasteiger partial charge in [-0.05, 0) is 71.2 Å². The van der Waals surface area contributed by atoms with Gasteiger partial charge in [0.05, 0.1) is 11.7 Å². The zero-order valence-corrected chi connectivity index (χ0v) is 24.3. The summed E-state index contributed by atoms with van der Waals surface area (Å²) in [6, 6.07) is 24.8. The van der Waals surface area contributed by atoms with Gasteiger partial charge in [0.1, 0.15) is 18.3 Å². The largest absolute Gasteiger partial charge is 0.359 e. The molecule has 0 spiro atoms. The van der Waals surface area contributed by atoms with Gasteiger partial charge in [0.25, 0.3) is 0 Å². The average Bonchev–Trinajstić information content (AvgIpc) is 3.08. The van der Waals surface area contributed by atoms with Crippen LogP contribution in [0.25, 0.3) is 10.8 Å². The molecule has 0 aromatic heterocycles. The zero-order chi connectivity index (χ0) is 29.2. The number of ether oxygens (including phenoxy) is 1. The Morgan fingerprint density at radius 3 is 2.53 bits per heavy atom. The van der Waals surface area contributed by atoms with Crippen LogP contribution in [0.5, 0.6) is 0 Å². The van der Waals surface area contributed by atoms with Gasteiger partial charge in [0.2, 0.25) is 0 Å². The molecule has 5 heteroatoms. The summed E-state index contributed by atoms with van der Waals surface area (Å²) in [6.07, 6.45) is 19.7. The minimum atomic E-state index is -0.624. The Morgan fingerprint density at radius 1 is 0.814 bits per heavy atom. The molecule has 5 N–H and O–H groups in total. The van der Waals surface area contributed by atoms with Crippen molar-refractivity contribution in [2.24, 2.45) is 22.4 Å². The van der Waals surface area contributed by atoms with Gasteiger partial charge >= 0.3 is 0 Å². The lowest BCUT2D eigenvalue weighted by atomic mass is 9.81. The summed E-state index contributed by atoms with van der Waals surface area (Å²) in [7, 11) is 0. The Labute approximate surface area is 253 Å². The van der Waals surface area contributed by atoms with Crippen molar-refractivity contribution in [3.63, 3.8) is 0 Å². The number of rotatable bonds is 7. The van der Waals surface area contributed by atoms with E-state index in [1.54, 1.807) is 0 Å². The summed E-state index contributed by atoms with van der Waals surface area (Å²) in [6.45, 7) is 0. The summed E-state index contributed by atoms with van der Waals surface area (Å²) in [4.78, 5) is 5.15. The highest BCUT2D eigenvalue weighted by Crippen LogP contribution is 2.37. The van der Waals surface area contributed by atoms with Crippen LogP contribution in [-0.4, -0.2) is 18.1 Å². The Bertz CT molecular complexity index is 1730. The predicted octanol–water partition coefficient (Wildman–Crippen LogP) is 7.27. The number of amidine groups is 1. The predicted molar refractivity (Wildman–Crippen MR) is 176 cm³/mol. The lowest BCUT2D eigenvalue weighted by Gasteiger charge is -2.32. The van der Waals surface area contributed by atoms with E-state index >= 15 is 0 Å². The van der Waals surface area contributed by atoms with E-state index in [9.17, 15) is 0 Å². The number of fused-ring (bicyclic) bond motifs is 2. The van der Waals surface area contributed by atoms with Crippen LogP contribution in [0.2, 0.25) is 0 Å². The van der Waals surface area contributed by atoms with E-state index in [-0.39, 0.29) is 12.0 Å². The van der Waals surface area contributed by atoms with Crippen LogP contribution in [0.4, 0.5) is 0 Å². The van der Waals surface area contributed by atoms with Crippen molar-refractivity contribution < 1.29 is 4.74 Å². The molecule has 4 atom stereocenters. The normalized spacial score (nSPS) is 23.0. The van der Waals surface area contributed by atoms with E-state index in [0.717, 1.165) is 71.1 Å². The topological polar surface area (TPSA) is 85.7 Å². The maximum absolute atomic E-state index is 6.69. The van der Waals surface area contributed by atoms with Crippen LogP contribution in [0.1, 0.15) is 49.5 Å². The molecule has 4 unspecified atom stereocenters. The van der Waals surface area contributed by atoms with Crippen molar-refractivity contribution >= 4 is 16.6 Å². The van der Waals surface area contributed by atoms with E-state index in [1.807, 2.05) is 30.3 Å². The standard InChI is InChI=1S/C38H38N4O/c39-36(43-37(40)33-22-10-16-26-12-5-7-20-31(26)33)29-18-8-17-28(23-29)34-24-35(42-38(41-34)27-13-2-1-3-14-27)32-21-9-15-25-11-4-6-19-30(25)32/h1-5,7-8,10-17,20,22-24,29,35-37H,6,9,18-19,21,39-40H2,(H,41,42). The van der Waals surface area contributed by atoms with Crippen LogP contribution in [0, 0.1) is 5.92 Å². The molecular weight excluding hydrogens is 528 g/mol. The van der Waals surface area contributed by atoms with Gasteiger partial charge in [-0.3, -0.25) is 0 Å². The molecule has 0 saturated heterocycles. The first-order chi connectivity index (χ1) is 21.1. The van der Waals surface area contributed by atoms with Gasteiger partial charge in [-0.1, -0.05) is 109 Å². The molecule has 0 amide bonds. The minimum Gasteiger partial charge on any atom is -0.359 e. The molecule has 5 nitrogen and oxygen atoms in total. The van der Waals surface area contributed by atoms with E-state index in [4.69, 9.17) is 21.2 Å². The molecular formula is C38H38N4O. The van der Waals surface area contributed by atoms with Crippen molar-refractivity contribution in [1.29, 1.82) is 0 Å². The number of nitrogens with two attached hydrogens (primary N) is 2. The number of nitrogens with one attached hydrogen (secondary N) is 1. The molecule has 3 aromatic rings. The van der Waals surface area contributed by atoms with Gasteiger partial charge in [-0.25, -0.2) is 4.99 Å². The molecule has 43 heavy (non-hydrogen) atoms. The fourth-order valence-electron chi connectivity index (χ4n) is 6.67. The fourth-order valence-corrected chi connectivity index (χ4v) is 6.67. The Kier molecular flexibility index (Phi) is 7.77. The molecule has 0 fully saturated rings. The summed E-state index contributed by atoms with van der Waals surface area (Å²) < 4.78 is 6.27. The minimum absolute atomic E-state index is 0.0274. The van der Waals surface area contributed by atoms with E-state index in [0.29, 0.717) is 0 Å². The smallest absolute Gasteiger partial charge is 0.134 e. The molecule has 7 rings (SSSR count). The van der Waals surface area contributed by atoms with E-state index in [1.165, 1.54) is 16.7 Å². The van der Waals surface area contributed by atoms with Crippen molar-refractivity contribution in [2.75, 3.05) is 0 Å². The second kappa shape index (κ2) is 12.1. The molecule has 3 aliphatic carbocycles. The third-order valence-electron chi connectivity index (χ3n) is 8.89. The van der Waals surface area contributed by atoms with Crippen molar-refractivity contribution in [3.05, 3.63) is 154 Å². The Morgan fingerprint density at radius 2 is 1.63 bits per heavy atom. The Hall–Kier alpha value is -4.29. The average molecular weight is 567 g/mol. The monoisotopic (exact) mass is 566 g/mol. The van der Waals surface area contributed by atoms with Gasteiger partial charge in [0, 0.05) is 17.0 Å². The zero-order valence-electron chi connectivity index (χ0n) is 24.3. The van der Waals surface area contributed by atoms with E-state index < -0.39 is 12.5 Å². The summed E-state index contributed by atoms with van der Waals surface area (Å²) in [5.41, 5.74) is 21.7. The van der Waals surface area contributed by atoms with Crippen LogP contribution < -0.4 is 16.8 Å². The quantitative estimate of drug-likeness (QED) is 0.263. The first-order valence-electron chi connectivity index (χ1n) is 15.4. The maximum Gasteiger partial charge on any atom is 0.134 e. The maximum atomic E-state index is 6.69. The summed E-state index contributed by atoms with van der Waals surface area (Å²) in [5, 5.41) is 6.00. The highest BCUT2D eigenvalue weighted by Gasteiger charge is 2.28. The highest BCUT2D eigenvalue weighted by atomic mass is 16.5. The third-order valence-corrected chi connectivity index (χ3v) is 8.89. The number of allylic oxidation sites excluding steroid dienone is 7. The number of hydrogen-bond donors (Lipinski definition) is 3. The van der Waals surface area contributed by atoms with Crippen LogP contribution in [-0.2, 0) is 4.74 Å². The van der Waals surface area contributed by atoms with Gasteiger partial charge in [0.15, 0.2) is 0 Å². The van der Waals surface area contributed by atoms with Gasteiger partial charge in [-0.15, -0.1) is 0 Å². The Balaban J connectivity index is 1.18. The van der Waals surface area contributed by atoms with E-state index in [2.05, 4.69) is 90.3 Å². The van der Waals surface area contributed by atoms with Crippen LogP contribution in [0.15, 0.2) is 148 Å². The second-order valence-electron chi connectivity index (χ2n) is 11.7. The highest BCUT2D eigenvalue weighted by molar-refractivity contribution is 6.01. The number of hydrogen-bond acceptors (Lipinski definition) is 5. The van der Waals surface area contributed by atoms with Gasteiger partial charge in [-0.2, -0.15) is 0 Å². The molecule has 0 radical (unpaired) electrons. The lowest BCUT2D eigenvalue weighted by Crippen LogP contribution is -2.39. The lowest BCUT2D eigenvalue weighted by molar-refractivity contribution is -0.0273. The SMILES string of the molecule is NC(OC(N)C1C=C(C2=CC(C3=C4CCC=CC4=CCC3)NC(c3ccccc3)=N2)C=CC1)c1cccc2ccccc12. The molecule has 216 valence electrons. The number of benzene rings is 3. The molecule has 3 aromatic carbocycles. The fraction of sp³-hybridized carbons (Fsp3) is 0.237. The van der Waals surface area contributed by atoms with Crippen molar-refractivity contribution in [1.82, 2.24) is 5.32 Å². The van der Waals surface area contributed by atoms with Crippen LogP contribution in [0.3, 0.4) is 0 Å². The first-order valence-corrected chi connectivity index (χ1v) is 15.4. The van der Waals surface area contributed by atoms with Gasteiger partial charge < -0.3 is 21.5 Å². The second-order valence-corrected chi connectivity index (χ2v) is 11.7.